The standard InChI is InChI=1S/C15H21N3O2/c1-10-4-6-15(19,7-5-10)9-17-14-18-12-8-11(16)2-3-13(12)20-14/h2-3,8,10,19H,4-7,9,16H2,1H3,(H,17,18). The molecule has 0 saturated heterocycles. The fourth-order valence-electron chi connectivity index (χ4n) is 2.74. The van der Waals surface area contributed by atoms with Crippen molar-refractivity contribution in [1.82, 2.24) is 4.98 Å². The van der Waals surface area contributed by atoms with Crippen LogP contribution in [0.3, 0.4) is 0 Å². The highest BCUT2D eigenvalue weighted by molar-refractivity contribution is 5.78. The van der Waals surface area contributed by atoms with Crippen molar-refractivity contribution in [3.63, 3.8) is 0 Å². The van der Waals surface area contributed by atoms with Gasteiger partial charge in [0, 0.05) is 12.2 Å². The largest absolute Gasteiger partial charge is 0.424 e. The van der Waals surface area contributed by atoms with Gasteiger partial charge in [-0.05, 0) is 49.8 Å². The highest BCUT2D eigenvalue weighted by Gasteiger charge is 2.31. The summed E-state index contributed by atoms with van der Waals surface area (Å²) >= 11 is 0. The fourth-order valence-corrected chi connectivity index (χ4v) is 2.74. The van der Waals surface area contributed by atoms with Crippen molar-refractivity contribution in [1.29, 1.82) is 0 Å². The van der Waals surface area contributed by atoms with E-state index in [0.717, 1.165) is 31.2 Å². The number of aromatic nitrogens is 1. The number of nitrogens with one attached hydrogen (secondary N) is 1. The maximum absolute atomic E-state index is 10.5. The summed E-state index contributed by atoms with van der Waals surface area (Å²) in [6.07, 6.45) is 3.80. The summed E-state index contributed by atoms with van der Waals surface area (Å²) in [6, 6.07) is 5.81. The third-order valence-corrected chi connectivity index (χ3v) is 4.19. The maximum atomic E-state index is 10.5. The summed E-state index contributed by atoms with van der Waals surface area (Å²) in [6.45, 7) is 2.71. The lowest BCUT2D eigenvalue weighted by molar-refractivity contribution is 0.00463. The number of aliphatic hydroxyl groups is 1. The Kier molecular flexibility index (Phi) is 3.30. The van der Waals surface area contributed by atoms with Crippen molar-refractivity contribution in [2.45, 2.75) is 38.2 Å². The van der Waals surface area contributed by atoms with Crippen LogP contribution in [-0.2, 0) is 0 Å². The van der Waals surface area contributed by atoms with E-state index in [2.05, 4.69) is 17.2 Å². The minimum Gasteiger partial charge on any atom is -0.424 e. The van der Waals surface area contributed by atoms with Crippen molar-refractivity contribution < 1.29 is 9.52 Å². The van der Waals surface area contributed by atoms with Gasteiger partial charge in [0.2, 0.25) is 0 Å². The number of nitrogen functional groups attached to an aromatic ring is 1. The van der Waals surface area contributed by atoms with Gasteiger partial charge in [-0.3, -0.25) is 0 Å². The lowest BCUT2D eigenvalue weighted by Crippen LogP contribution is -2.40. The van der Waals surface area contributed by atoms with Crippen LogP contribution in [0, 0.1) is 5.92 Å². The number of hydrogen-bond acceptors (Lipinski definition) is 5. The van der Waals surface area contributed by atoms with Crippen LogP contribution in [0.25, 0.3) is 11.1 Å². The Hall–Kier alpha value is -1.75. The van der Waals surface area contributed by atoms with Crippen LogP contribution in [0.15, 0.2) is 22.6 Å². The summed E-state index contributed by atoms with van der Waals surface area (Å²) < 4.78 is 5.59. The van der Waals surface area contributed by atoms with Crippen LogP contribution >= 0.6 is 0 Å². The lowest BCUT2D eigenvalue weighted by Gasteiger charge is -2.34. The third-order valence-electron chi connectivity index (χ3n) is 4.19. The molecule has 0 spiro atoms. The van der Waals surface area contributed by atoms with Crippen molar-refractivity contribution in [3.8, 4) is 0 Å². The van der Waals surface area contributed by atoms with Gasteiger partial charge >= 0.3 is 0 Å². The van der Waals surface area contributed by atoms with Gasteiger partial charge in [-0.25, -0.2) is 0 Å². The van der Waals surface area contributed by atoms with Crippen LogP contribution in [0.4, 0.5) is 11.7 Å². The summed E-state index contributed by atoms with van der Waals surface area (Å²) in [5.41, 5.74) is 7.17. The predicted molar refractivity (Wildman–Crippen MR) is 79.5 cm³/mol. The first kappa shape index (κ1) is 13.2. The van der Waals surface area contributed by atoms with Gasteiger partial charge < -0.3 is 20.6 Å². The van der Waals surface area contributed by atoms with E-state index in [0.29, 0.717) is 29.7 Å². The molecule has 5 nitrogen and oxygen atoms in total. The Morgan fingerprint density at radius 1 is 1.45 bits per heavy atom. The molecule has 1 fully saturated rings. The van der Waals surface area contributed by atoms with E-state index < -0.39 is 5.60 Å². The van der Waals surface area contributed by atoms with Gasteiger partial charge in [-0.2, -0.15) is 4.98 Å². The minimum absolute atomic E-state index is 0.442. The Balaban J connectivity index is 1.67. The number of nitrogens with zero attached hydrogens (tertiary/aromatic N) is 1. The average molecular weight is 275 g/mol. The van der Waals surface area contributed by atoms with E-state index in [-0.39, 0.29) is 0 Å². The maximum Gasteiger partial charge on any atom is 0.295 e. The van der Waals surface area contributed by atoms with Crippen LogP contribution in [0.2, 0.25) is 0 Å². The summed E-state index contributed by atoms with van der Waals surface area (Å²) in [7, 11) is 0. The molecule has 20 heavy (non-hydrogen) atoms. The van der Waals surface area contributed by atoms with E-state index in [4.69, 9.17) is 10.2 Å². The molecule has 0 radical (unpaired) electrons. The highest BCUT2D eigenvalue weighted by Crippen LogP contribution is 2.32. The Morgan fingerprint density at radius 2 is 2.20 bits per heavy atom. The molecule has 0 amide bonds. The molecule has 1 aliphatic rings. The van der Waals surface area contributed by atoms with Gasteiger partial charge in [0.1, 0.15) is 5.52 Å². The average Bonchev–Trinajstić information content (AvgIpc) is 2.82. The van der Waals surface area contributed by atoms with E-state index in [1.807, 2.05) is 0 Å². The molecular weight excluding hydrogens is 254 g/mol. The fraction of sp³-hybridized carbons (Fsp3) is 0.533. The molecule has 1 heterocycles. The van der Waals surface area contributed by atoms with Gasteiger partial charge in [0.15, 0.2) is 5.58 Å². The molecule has 0 aliphatic heterocycles. The first-order valence-electron chi connectivity index (χ1n) is 7.16. The van der Waals surface area contributed by atoms with Crippen LogP contribution < -0.4 is 11.1 Å². The first-order valence-corrected chi connectivity index (χ1v) is 7.16. The first-order chi connectivity index (χ1) is 9.54. The summed E-state index contributed by atoms with van der Waals surface area (Å²) in [5, 5.41) is 13.6. The molecule has 1 aromatic heterocycles. The van der Waals surface area contributed by atoms with Gasteiger partial charge in [-0.15, -0.1) is 0 Å². The molecular formula is C15H21N3O2. The van der Waals surface area contributed by atoms with Crippen molar-refractivity contribution in [2.24, 2.45) is 5.92 Å². The van der Waals surface area contributed by atoms with E-state index in [1.165, 1.54) is 0 Å². The molecule has 3 rings (SSSR count). The van der Waals surface area contributed by atoms with E-state index >= 15 is 0 Å². The van der Waals surface area contributed by atoms with Crippen LogP contribution in [0.1, 0.15) is 32.6 Å². The second-order valence-electron chi connectivity index (χ2n) is 6.01. The second kappa shape index (κ2) is 4.98. The number of hydrogen-bond donors (Lipinski definition) is 3. The lowest BCUT2D eigenvalue weighted by atomic mass is 9.79. The van der Waals surface area contributed by atoms with Crippen molar-refractivity contribution >= 4 is 22.8 Å². The Bertz CT molecular complexity index is 600. The number of anilines is 2. The molecule has 1 aliphatic carbocycles. The predicted octanol–water partition coefficient (Wildman–Crippen LogP) is 2.76. The van der Waals surface area contributed by atoms with E-state index in [1.54, 1.807) is 18.2 Å². The monoisotopic (exact) mass is 275 g/mol. The summed E-state index contributed by atoms with van der Waals surface area (Å²) in [4.78, 5) is 4.34. The molecule has 1 saturated carbocycles. The Morgan fingerprint density at radius 3 is 2.95 bits per heavy atom. The molecule has 5 heteroatoms. The summed E-state index contributed by atoms with van der Waals surface area (Å²) in [5.74, 6) is 0.711. The van der Waals surface area contributed by atoms with Crippen molar-refractivity contribution in [2.75, 3.05) is 17.6 Å². The molecule has 0 atom stereocenters. The molecule has 0 bridgehead atoms. The zero-order valence-corrected chi connectivity index (χ0v) is 11.7. The van der Waals surface area contributed by atoms with Crippen LogP contribution in [-0.4, -0.2) is 22.2 Å². The SMILES string of the molecule is CC1CCC(O)(CNc2nc3cc(N)ccc3o2)CC1. The third kappa shape index (κ3) is 2.72. The molecule has 0 unspecified atom stereocenters. The number of nitrogens with two attached hydrogens (primary N) is 1. The number of rotatable bonds is 3. The Labute approximate surface area is 118 Å². The quantitative estimate of drug-likeness (QED) is 0.750. The number of benzene rings is 1. The smallest absolute Gasteiger partial charge is 0.295 e. The topological polar surface area (TPSA) is 84.3 Å². The number of oxazole rings is 1. The highest BCUT2D eigenvalue weighted by atomic mass is 16.4. The normalized spacial score (nSPS) is 26.8. The molecule has 1 aromatic carbocycles. The van der Waals surface area contributed by atoms with Crippen molar-refractivity contribution in [3.05, 3.63) is 18.2 Å². The van der Waals surface area contributed by atoms with Gasteiger partial charge in [0.25, 0.3) is 6.01 Å². The minimum atomic E-state index is -0.647. The number of fused-ring (bicyclic) bond motifs is 1. The molecule has 2 aromatic rings. The second-order valence-corrected chi connectivity index (χ2v) is 6.01. The van der Waals surface area contributed by atoms with Gasteiger partial charge in [-0.1, -0.05) is 6.92 Å². The molecule has 108 valence electrons. The molecule has 4 N–H and O–H groups in total. The van der Waals surface area contributed by atoms with Crippen LogP contribution in [0.5, 0.6) is 0 Å². The van der Waals surface area contributed by atoms with Gasteiger partial charge in [0.05, 0.1) is 5.60 Å². The van der Waals surface area contributed by atoms with E-state index in [9.17, 15) is 5.11 Å². The zero-order chi connectivity index (χ0) is 14.2. The zero-order valence-electron chi connectivity index (χ0n) is 11.7.